The van der Waals surface area contributed by atoms with Crippen LogP contribution in [0.1, 0.15) is 4.88 Å². The quantitative estimate of drug-likeness (QED) is 0.500. The minimum Gasteiger partial charge on any atom is -0.360 e. The normalized spacial score (nSPS) is 11.1. The van der Waals surface area contributed by atoms with Gasteiger partial charge in [0.15, 0.2) is 11.0 Å². The Bertz CT molecular complexity index is 1040. The molecule has 132 valence electrons. The van der Waals surface area contributed by atoms with E-state index in [1.165, 1.54) is 11.8 Å². The van der Waals surface area contributed by atoms with Crippen molar-refractivity contribution in [2.24, 2.45) is 7.05 Å². The average Bonchev–Trinajstić information content (AvgIpc) is 3.38. The van der Waals surface area contributed by atoms with Gasteiger partial charge in [0, 0.05) is 34.6 Å². The summed E-state index contributed by atoms with van der Waals surface area (Å²) in [5, 5.41) is 15.3. The zero-order valence-corrected chi connectivity index (χ0v) is 15.7. The Balaban J connectivity index is 1.43. The molecule has 4 aromatic rings. The fourth-order valence-corrected chi connectivity index (χ4v) is 4.10. The number of para-hydroxylation sites is 1. The Morgan fingerprint density at radius 3 is 3.00 bits per heavy atom. The molecule has 3 aromatic heterocycles. The van der Waals surface area contributed by atoms with Crippen LogP contribution in [0.5, 0.6) is 0 Å². The zero-order chi connectivity index (χ0) is 17.9. The molecule has 0 radical (unpaired) electrons. The van der Waals surface area contributed by atoms with Crippen molar-refractivity contribution in [1.82, 2.24) is 25.1 Å². The number of thioether (sulfide) groups is 1. The first-order valence-electron chi connectivity index (χ1n) is 8.10. The molecule has 4 rings (SSSR count). The highest BCUT2D eigenvalue weighted by atomic mass is 32.2. The average molecular weight is 384 g/mol. The van der Waals surface area contributed by atoms with Gasteiger partial charge in [0.2, 0.25) is 5.91 Å². The molecule has 0 aliphatic rings. The summed E-state index contributed by atoms with van der Waals surface area (Å²) in [4.78, 5) is 16.4. The Labute approximate surface area is 158 Å². The predicted octanol–water partition coefficient (Wildman–Crippen LogP) is 3.43. The Morgan fingerprint density at radius 2 is 2.15 bits per heavy atom. The second-order valence-corrected chi connectivity index (χ2v) is 7.73. The molecule has 8 heteroatoms. The van der Waals surface area contributed by atoms with Crippen LogP contribution in [0.2, 0.25) is 0 Å². The first-order chi connectivity index (χ1) is 12.7. The van der Waals surface area contributed by atoms with Gasteiger partial charge in [0.05, 0.1) is 12.3 Å². The fraction of sp³-hybridized carbons (Fsp3) is 0.167. The van der Waals surface area contributed by atoms with Crippen molar-refractivity contribution in [3.05, 3.63) is 52.9 Å². The third-order valence-electron chi connectivity index (χ3n) is 4.04. The van der Waals surface area contributed by atoms with Gasteiger partial charge in [0.25, 0.3) is 0 Å². The molecule has 0 fully saturated rings. The number of aromatic amines is 1. The molecular weight excluding hydrogens is 366 g/mol. The van der Waals surface area contributed by atoms with Crippen LogP contribution in [-0.2, 0) is 18.4 Å². The highest BCUT2D eigenvalue weighted by molar-refractivity contribution is 7.99. The van der Waals surface area contributed by atoms with E-state index in [4.69, 9.17) is 0 Å². The maximum Gasteiger partial charge on any atom is 0.230 e. The summed E-state index contributed by atoms with van der Waals surface area (Å²) in [5.74, 6) is 1.08. The van der Waals surface area contributed by atoms with E-state index in [0.717, 1.165) is 32.3 Å². The van der Waals surface area contributed by atoms with Gasteiger partial charge in [-0.2, -0.15) is 0 Å². The summed E-state index contributed by atoms with van der Waals surface area (Å²) in [6.45, 7) is 0.566. The van der Waals surface area contributed by atoms with E-state index in [1.54, 1.807) is 11.3 Å². The highest BCUT2D eigenvalue weighted by Crippen LogP contribution is 2.29. The molecule has 6 nitrogen and oxygen atoms in total. The molecule has 26 heavy (non-hydrogen) atoms. The van der Waals surface area contributed by atoms with Crippen molar-refractivity contribution in [1.29, 1.82) is 0 Å². The topological polar surface area (TPSA) is 75.6 Å². The zero-order valence-electron chi connectivity index (χ0n) is 14.1. The Hall–Kier alpha value is -2.58. The molecule has 0 atom stereocenters. The minimum absolute atomic E-state index is 0.0138. The van der Waals surface area contributed by atoms with Crippen LogP contribution < -0.4 is 5.32 Å². The first kappa shape index (κ1) is 16.9. The summed E-state index contributed by atoms with van der Waals surface area (Å²) < 4.78 is 1.92. The first-order valence-corrected chi connectivity index (χ1v) is 9.96. The molecule has 1 amide bonds. The van der Waals surface area contributed by atoms with Crippen molar-refractivity contribution >= 4 is 39.9 Å². The number of nitrogens with one attached hydrogen (secondary N) is 2. The highest BCUT2D eigenvalue weighted by Gasteiger charge is 2.15. The molecule has 0 aliphatic carbocycles. The lowest BCUT2D eigenvalue weighted by atomic mass is 10.1. The summed E-state index contributed by atoms with van der Waals surface area (Å²) in [7, 11) is 1.92. The predicted molar refractivity (Wildman–Crippen MR) is 105 cm³/mol. The number of hydrogen-bond donors (Lipinski definition) is 2. The van der Waals surface area contributed by atoms with Crippen LogP contribution in [0.25, 0.3) is 22.3 Å². The maximum atomic E-state index is 12.0. The van der Waals surface area contributed by atoms with Crippen molar-refractivity contribution in [3.63, 3.8) is 0 Å². The second kappa shape index (κ2) is 7.35. The SMILES string of the molecule is Cn1c(SCC(=O)NCc2cccs2)nnc1-c1c[nH]c2ccccc12. The third-order valence-corrected chi connectivity index (χ3v) is 5.93. The number of fused-ring (bicyclic) bond motifs is 1. The molecule has 0 aliphatic heterocycles. The van der Waals surface area contributed by atoms with Crippen LogP contribution in [0.3, 0.4) is 0 Å². The van der Waals surface area contributed by atoms with E-state index >= 15 is 0 Å². The molecule has 3 heterocycles. The third kappa shape index (κ3) is 3.38. The molecular formula is C18H17N5OS2. The molecule has 0 spiro atoms. The molecule has 2 N–H and O–H groups in total. The molecule has 0 saturated heterocycles. The standard InChI is InChI=1S/C18H17N5OS2/c1-23-17(14-10-19-15-7-3-2-6-13(14)15)21-22-18(23)26-11-16(24)20-9-12-5-4-8-25-12/h2-8,10,19H,9,11H2,1H3,(H,20,24). The summed E-state index contributed by atoms with van der Waals surface area (Å²) in [5.41, 5.74) is 2.07. The molecule has 0 saturated carbocycles. The van der Waals surface area contributed by atoms with Crippen LogP contribution in [0.15, 0.2) is 53.1 Å². The minimum atomic E-state index is -0.0138. The van der Waals surface area contributed by atoms with Crippen LogP contribution >= 0.6 is 23.1 Å². The molecule has 1 aromatic carbocycles. The number of H-pyrrole nitrogens is 1. The number of benzene rings is 1. The van der Waals surface area contributed by atoms with Gasteiger partial charge >= 0.3 is 0 Å². The van der Waals surface area contributed by atoms with E-state index in [0.29, 0.717) is 12.3 Å². The Morgan fingerprint density at radius 1 is 1.27 bits per heavy atom. The van der Waals surface area contributed by atoms with E-state index in [-0.39, 0.29) is 5.91 Å². The van der Waals surface area contributed by atoms with Gasteiger partial charge in [-0.15, -0.1) is 21.5 Å². The van der Waals surface area contributed by atoms with Crippen LogP contribution in [0.4, 0.5) is 0 Å². The maximum absolute atomic E-state index is 12.0. The number of carbonyl (C=O) groups excluding carboxylic acids is 1. The van der Waals surface area contributed by atoms with E-state index < -0.39 is 0 Å². The van der Waals surface area contributed by atoms with Crippen molar-refractivity contribution in [3.8, 4) is 11.4 Å². The largest absolute Gasteiger partial charge is 0.360 e. The van der Waals surface area contributed by atoms with Gasteiger partial charge in [0.1, 0.15) is 0 Å². The monoisotopic (exact) mass is 383 g/mol. The van der Waals surface area contributed by atoms with Crippen molar-refractivity contribution in [2.75, 3.05) is 5.75 Å². The van der Waals surface area contributed by atoms with Gasteiger partial charge in [-0.25, -0.2) is 0 Å². The van der Waals surface area contributed by atoms with E-state index in [1.807, 2.05) is 53.5 Å². The second-order valence-electron chi connectivity index (χ2n) is 5.76. The fourth-order valence-electron chi connectivity index (χ4n) is 2.71. The molecule has 0 unspecified atom stereocenters. The number of rotatable bonds is 6. The van der Waals surface area contributed by atoms with Crippen molar-refractivity contribution < 1.29 is 4.79 Å². The summed E-state index contributed by atoms with van der Waals surface area (Å²) in [6.07, 6.45) is 1.94. The number of nitrogens with zero attached hydrogens (tertiary/aromatic N) is 3. The van der Waals surface area contributed by atoms with Gasteiger partial charge in [-0.3, -0.25) is 4.79 Å². The smallest absolute Gasteiger partial charge is 0.230 e. The van der Waals surface area contributed by atoms with Gasteiger partial charge in [-0.05, 0) is 17.5 Å². The van der Waals surface area contributed by atoms with Gasteiger partial charge in [-0.1, -0.05) is 36.0 Å². The van der Waals surface area contributed by atoms with Crippen molar-refractivity contribution in [2.45, 2.75) is 11.7 Å². The number of amides is 1. The number of carbonyl (C=O) groups is 1. The van der Waals surface area contributed by atoms with Crippen LogP contribution in [0, 0.1) is 0 Å². The lowest BCUT2D eigenvalue weighted by molar-refractivity contribution is -0.118. The number of thiophene rings is 1. The molecule has 0 bridgehead atoms. The van der Waals surface area contributed by atoms with E-state index in [2.05, 4.69) is 26.6 Å². The van der Waals surface area contributed by atoms with E-state index in [9.17, 15) is 4.79 Å². The number of hydrogen-bond acceptors (Lipinski definition) is 5. The Kier molecular flexibility index (Phi) is 4.77. The summed E-state index contributed by atoms with van der Waals surface area (Å²) >= 11 is 3.02. The number of aromatic nitrogens is 4. The lowest BCUT2D eigenvalue weighted by Gasteiger charge is -2.04. The van der Waals surface area contributed by atoms with Gasteiger partial charge < -0.3 is 14.9 Å². The van der Waals surface area contributed by atoms with Crippen LogP contribution in [-0.4, -0.2) is 31.4 Å². The summed E-state index contributed by atoms with van der Waals surface area (Å²) in [6, 6.07) is 12.1. The lowest BCUT2D eigenvalue weighted by Crippen LogP contribution is -2.24.